The van der Waals surface area contributed by atoms with Crippen molar-refractivity contribution in [2.24, 2.45) is 0 Å². The topological polar surface area (TPSA) is 66.9 Å². The minimum atomic E-state index is -3.75. The van der Waals surface area contributed by atoms with E-state index in [1.165, 1.54) is 33.3 Å². The van der Waals surface area contributed by atoms with Crippen LogP contribution in [-0.2, 0) is 10.0 Å². The SMILES string of the molecule is COc1ccc(C(=O)N2CCC(C)Sc3ccccc32)cc1S(=O)(=O)N(C)C. The van der Waals surface area contributed by atoms with Crippen LogP contribution in [0.15, 0.2) is 52.3 Å². The van der Waals surface area contributed by atoms with Crippen molar-refractivity contribution in [3.8, 4) is 5.75 Å². The summed E-state index contributed by atoms with van der Waals surface area (Å²) in [6.45, 7) is 2.72. The first-order valence-corrected chi connectivity index (χ1v) is 11.3. The molecule has 0 aliphatic carbocycles. The lowest BCUT2D eigenvalue weighted by Crippen LogP contribution is -2.32. The average Bonchev–Trinajstić information content (AvgIpc) is 2.84. The number of anilines is 1. The maximum absolute atomic E-state index is 13.3. The molecular weight excluding hydrogens is 396 g/mol. The lowest BCUT2D eigenvalue weighted by molar-refractivity contribution is 0.0986. The van der Waals surface area contributed by atoms with Crippen LogP contribution in [0.25, 0.3) is 0 Å². The molecule has 0 N–H and O–H groups in total. The molecule has 1 amide bonds. The third kappa shape index (κ3) is 3.90. The fourth-order valence-electron chi connectivity index (χ4n) is 3.06. The standard InChI is InChI=1S/C20H24N2O4S2/c1-14-11-12-22(16-7-5-6-8-18(16)27-14)20(23)15-9-10-17(26-4)19(13-15)28(24,25)21(2)3/h5-10,13-14H,11-12H2,1-4H3. The Labute approximate surface area is 170 Å². The maximum atomic E-state index is 13.3. The van der Waals surface area contributed by atoms with Gasteiger partial charge in [-0.1, -0.05) is 19.1 Å². The molecule has 0 bridgehead atoms. The first-order chi connectivity index (χ1) is 13.3. The van der Waals surface area contributed by atoms with Gasteiger partial charge >= 0.3 is 0 Å². The van der Waals surface area contributed by atoms with Crippen LogP contribution in [0.2, 0.25) is 0 Å². The van der Waals surface area contributed by atoms with Gasteiger partial charge in [-0.3, -0.25) is 4.79 Å². The van der Waals surface area contributed by atoms with Crippen LogP contribution in [-0.4, -0.2) is 51.6 Å². The first kappa shape index (κ1) is 20.7. The van der Waals surface area contributed by atoms with Crippen LogP contribution in [0.3, 0.4) is 0 Å². The van der Waals surface area contributed by atoms with Gasteiger partial charge in [0.2, 0.25) is 10.0 Å². The molecular formula is C20H24N2O4S2. The van der Waals surface area contributed by atoms with Crippen molar-refractivity contribution in [2.45, 2.75) is 28.4 Å². The van der Waals surface area contributed by atoms with E-state index in [1.54, 1.807) is 22.7 Å². The smallest absolute Gasteiger partial charge is 0.258 e. The molecule has 0 radical (unpaired) electrons. The number of thioether (sulfide) groups is 1. The zero-order valence-corrected chi connectivity index (χ0v) is 18.0. The molecule has 1 heterocycles. The van der Waals surface area contributed by atoms with Crippen molar-refractivity contribution in [3.63, 3.8) is 0 Å². The predicted molar refractivity (Wildman–Crippen MR) is 112 cm³/mol. The van der Waals surface area contributed by atoms with E-state index in [-0.39, 0.29) is 16.6 Å². The average molecular weight is 421 g/mol. The molecule has 2 aromatic rings. The van der Waals surface area contributed by atoms with Gasteiger partial charge in [-0.25, -0.2) is 12.7 Å². The Kier molecular flexibility index (Phi) is 6.02. The van der Waals surface area contributed by atoms with E-state index in [2.05, 4.69) is 6.92 Å². The zero-order chi connectivity index (χ0) is 20.5. The summed E-state index contributed by atoms with van der Waals surface area (Å²) in [6, 6.07) is 12.4. The summed E-state index contributed by atoms with van der Waals surface area (Å²) in [5, 5.41) is 0.388. The Morgan fingerprint density at radius 3 is 2.61 bits per heavy atom. The maximum Gasteiger partial charge on any atom is 0.258 e. The number of fused-ring (bicyclic) bond motifs is 1. The number of methoxy groups -OCH3 is 1. The highest BCUT2D eigenvalue weighted by molar-refractivity contribution is 8.00. The third-order valence-electron chi connectivity index (χ3n) is 4.66. The molecule has 1 atom stereocenters. The van der Waals surface area contributed by atoms with Crippen LogP contribution in [0.5, 0.6) is 5.75 Å². The molecule has 0 spiro atoms. The Morgan fingerprint density at radius 1 is 1.21 bits per heavy atom. The number of ether oxygens (including phenoxy) is 1. The Morgan fingerprint density at radius 2 is 1.93 bits per heavy atom. The summed E-state index contributed by atoms with van der Waals surface area (Å²) in [6.07, 6.45) is 0.851. The van der Waals surface area contributed by atoms with Gasteiger partial charge in [0.05, 0.1) is 12.8 Å². The summed E-state index contributed by atoms with van der Waals surface area (Å²) in [5.41, 5.74) is 1.17. The van der Waals surface area contributed by atoms with Crippen LogP contribution in [0.4, 0.5) is 5.69 Å². The molecule has 6 nitrogen and oxygen atoms in total. The predicted octanol–water partition coefficient (Wildman–Crippen LogP) is 3.48. The molecule has 0 saturated heterocycles. The molecule has 3 rings (SSSR count). The highest BCUT2D eigenvalue weighted by atomic mass is 32.2. The molecule has 2 aromatic carbocycles. The number of sulfonamides is 1. The molecule has 0 aromatic heterocycles. The van der Waals surface area contributed by atoms with Gasteiger partial charge in [0.15, 0.2) is 0 Å². The molecule has 0 fully saturated rings. The van der Waals surface area contributed by atoms with Gasteiger partial charge in [-0.15, -0.1) is 11.8 Å². The molecule has 0 saturated carbocycles. The second kappa shape index (κ2) is 8.14. The van der Waals surface area contributed by atoms with Gasteiger partial charge in [0.25, 0.3) is 5.91 Å². The normalized spacial score (nSPS) is 17.2. The minimum absolute atomic E-state index is 0.0169. The number of rotatable bonds is 4. The van der Waals surface area contributed by atoms with Crippen LogP contribution in [0.1, 0.15) is 23.7 Å². The number of para-hydroxylation sites is 1. The fourth-order valence-corrected chi connectivity index (χ4v) is 5.25. The summed E-state index contributed by atoms with van der Waals surface area (Å²) in [7, 11) is 0.565. The summed E-state index contributed by atoms with van der Waals surface area (Å²) >= 11 is 1.75. The molecule has 1 unspecified atom stereocenters. The van der Waals surface area contributed by atoms with E-state index >= 15 is 0 Å². The fraction of sp³-hybridized carbons (Fsp3) is 0.350. The van der Waals surface area contributed by atoms with E-state index in [4.69, 9.17) is 4.74 Å². The number of carbonyl (C=O) groups excluding carboxylic acids is 1. The molecule has 1 aliphatic rings. The van der Waals surface area contributed by atoms with Crippen LogP contribution in [0, 0.1) is 0 Å². The van der Waals surface area contributed by atoms with E-state index in [0.29, 0.717) is 17.4 Å². The monoisotopic (exact) mass is 420 g/mol. The van der Waals surface area contributed by atoms with E-state index in [1.807, 2.05) is 24.3 Å². The number of nitrogens with zero attached hydrogens (tertiary/aromatic N) is 2. The number of amides is 1. The van der Waals surface area contributed by atoms with Crippen molar-refractivity contribution < 1.29 is 17.9 Å². The van der Waals surface area contributed by atoms with E-state index < -0.39 is 10.0 Å². The second-order valence-corrected chi connectivity index (χ2v) is 10.4. The molecule has 8 heteroatoms. The number of hydrogen-bond donors (Lipinski definition) is 0. The Bertz CT molecular complexity index is 989. The third-order valence-corrected chi connectivity index (χ3v) is 7.73. The van der Waals surface area contributed by atoms with Gasteiger partial charge in [-0.2, -0.15) is 0 Å². The van der Waals surface area contributed by atoms with Gasteiger partial charge in [0, 0.05) is 36.3 Å². The quantitative estimate of drug-likeness (QED) is 0.758. The number of carbonyl (C=O) groups is 1. The van der Waals surface area contributed by atoms with E-state index in [9.17, 15) is 13.2 Å². The van der Waals surface area contributed by atoms with E-state index in [0.717, 1.165) is 21.3 Å². The van der Waals surface area contributed by atoms with Crippen molar-refractivity contribution >= 4 is 33.4 Å². The van der Waals surface area contributed by atoms with Crippen LogP contribution >= 0.6 is 11.8 Å². The van der Waals surface area contributed by atoms with Crippen molar-refractivity contribution in [1.29, 1.82) is 0 Å². The largest absolute Gasteiger partial charge is 0.495 e. The van der Waals surface area contributed by atoms with Gasteiger partial charge < -0.3 is 9.64 Å². The van der Waals surface area contributed by atoms with Crippen molar-refractivity contribution in [1.82, 2.24) is 4.31 Å². The Hall–Kier alpha value is -2.03. The summed E-state index contributed by atoms with van der Waals surface area (Å²) < 4.78 is 31.7. The number of hydrogen-bond acceptors (Lipinski definition) is 5. The first-order valence-electron chi connectivity index (χ1n) is 8.94. The van der Waals surface area contributed by atoms with Gasteiger partial charge in [-0.05, 0) is 36.8 Å². The minimum Gasteiger partial charge on any atom is -0.495 e. The van der Waals surface area contributed by atoms with Crippen molar-refractivity contribution in [3.05, 3.63) is 48.0 Å². The lowest BCUT2D eigenvalue weighted by Gasteiger charge is -2.23. The molecule has 1 aliphatic heterocycles. The molecule has 28 heavy (non-hydrogen) atoms. The number of benzene rings is 2. The van der Waals surface area contributed by atoms with Crippen molar-refractivity contribution in [2.75, 3.05) is 32.6 Å². The second-order valence-electron chi connectivity index (χ2n) is 6.79. The highest BCUT2D eigenvalue weighted by Gasteiger charge is 2.28. The van der Waals surface area contributed by atoms with Gasteiger partial charge in [0.1, 0.15) is 10.6 Å². The Balaban J connectivity index is 2.06. The summed E-state index contributed by atoms with van der Waals surface area (Å²) in [4.78, 5) is 16.1. The van der Waals surface area contributed by atoms with Crippen LogP contribution < -0.4 is 9.64 Å². The lowest BCUT2D eigenvalue weighted by atomic mass is 10.1. The molecule has 150 valence electrons. The highest BCUT2D eigenvalue weighted by Crippen LogP contribution is 2.38. The zero-order valence-electron chi connectivity index (χ0n) is 16.4. The summed E-state index contributed by atoms with van der Waals surface area (Å²) in [5.74, 6) is -0.00861.